The monoisotopic (exact) mass is 271 g/mol. The molecule has 1 aromatic rings. The molecule has 0 bridgehead atoms. The molecule has 5 heteroatoms. The third-order valence-corrected chi connectivity index (χ3v) is 4.74. The van der Waals surface area contributed by atoms with Crippen molar-refractivity contribution in [1.29, 1.82) is 0 Å². The van der Waals surface area contributed by atoms with Gasteiger partial charge in [-0.3, -0.25) is 4.31 Å². The number of nitrogens with zero attached hydrogens (tertiary/aromatic N) is 1. The summed E-state index contributed by atoms with van der Waals surface area (Å²) >= 11 is 0. The molecule has 4 nitrogen and oxygen atoms in total. The molecule has 102 valence electrons. The van der Waals surface area contributed by atoms with Crippen LogP contribution in [0.2, 0.25) is 0 Å². The number of aromatic hydroxyl groups is 1. The molecule has 0 saturated heterocycles. The fourth-order valence-corrected chi connectivity index (χ4v) is 2.96. The van der Waals surface area contributed by atoms with Crippen LogP contribution in [0.3, 0.4) is 0 Å². The first-order chi connectivity index (χ1) is 8.47. The fraction of sp³-hybridized carbons (Fsp3) is 0.538. The van der Waals surface area contributed by atoms with E-state index in [2.05, 4.69) is 6.92 Å². The van der Waals surface area contributed by atoms with Crippen molar-refractivity contribution >= 4 is 15.7 Å². The van der Waals surface area contributed by atoms with Gasteiger partial charge in [0.1, 0.15) is 5.75 Å². The van der Waals surface area contributed by atoms with Crippen LogP contribution in [-0.4, -0.2) is 26.3 Å². The lowest BCUT2D eigenvalue weighted by Crippen LogP contribution is -2.28. The largest absolute Gasteiger partial charge is 0.508 e. The second-order valence-corrected chi connectivity index (χ2v) is 6.48. The molecule has 0 aliphatic heterocycles. The van der Waals surface area contributed by atoms with Gasteiger partial charge in [-0.25, -0.2) is 8.42 Å². The van der Waals surface area contributed by atoms with E-state index in [1.807, 2.05) is 0 Å². The first-order valence-corrected chi connectivity index (χ1v) is 7.84. The SMILES string of the molecule is CCCCCCS(=O)(=O)N(C)c1ccc(O)cc1. The number of benzene rings is 1. The Balaban J connectivity index is 2.64. The Kier molecular flexibility index (Phi) is 5.47. The van der Waals surface area contributed by atoms with Crippen molar-refractivity contribution < 1.29 is 13.5 Å². The van der Waals surface area contributed by atoms with Gasteiger partial charge in [-0.2, -0.15) is 0 Å². The highest BCUT2D eigenvalue weighted by molar-refractivity contribution is 7.92. The van der Waals surface area contributed by atoms with Crippen molar-refractivity contribution in [3.8, 4) is 5.75 Å². The molecule has 0 atom stereocenters. The average molecular weight is 271 g/mol. The van der Waals surface area contributed by atoms with Gasteiger partial charge >= 0.3 is 0 Å². The molecule has 1 N–H and O–H groups in total. The highest BCUT2D eigenvalue weighted by Crippen LogP contribution is 2.20. The van der Waals surface area contributed by atoms with Gasteiger partial charge in [0.25, 0.3) is 0 Å². The molecule has 1 rings (SSSR count). The maximum atomic E-state index is 12.0. The molecule has 1 aromatic carbocycles. The molecule has 0 amide bonds. The van der Waals surface area contributed by atoms with E-state index in [1.54, 1.807) is 19.2 Å². The van der Waals surface area contributed by atoms with Crippen LogP contribution in [-0.2, 0) is 10.0 Å². The minimum atomic E-state index is -3.25. The molecule has 0 radical (unpaired) electrons. The topological polar surface area (TPSA) is 57.6 Å². The normalized spacial score (nSPS) is 11.4. The molecule has 0 unspecified atom stereocenters. The summed E-state index contributed by atoms with van der Waals surface area (Å²) in [6, 6.07) is 6.16. The number of unbranched alkanes of at least 4 members (excludes halogenated alkanes) is 3. The van der Waals surface area contributed by atoms with Gasteiger partial charge in [-0.15, -0.1) is 0 Å². The van der Waals surface area contributed by atoms with Crippen LogP contribution in [0.1, 0.15) is 32.6 Å². The maximum absolute atomic E-state index is 12.0. The summed E-state index contributed by atoms with van der Waals surface area (Å²) in [7, 11) is -1.71. The first kappa shape index (κ1) is 14.8. The van der Waals surface area contributed by atoms with E-state index in [4.69, 9.17) is 0 Å². The van der Waals surface area contributed by atoms with Crippen LogP contribution < -0.4 is 4.31 Å². The highest BCUT2D eigenvalue weighted by atomic mass is 32.2. The smallest absolute Gasteiger partial charge is 0.234 e. The van der Waals surface area contributed by atoms with E-state index in [9.17, 15) is 13.5 Å². The van der Waals surface area contributed by atoms with Crippen molar-refractivity contribution in [3.05, 3.63) is 24.3 Å². The van der Waals surface area contributed by atoms with E-state index < -0.39 is 10.0 Å². The number of anilines is 1. The minimum absolute atomic E-state index is 0.132. The van der Waals surface area contributed by atoms with Gasteiger partial charge in [0.15, 0.2) is 0 Å². The van der Waals surface area contributed by atoms with Crippen LogP contribution >= 0.6 is 0 Å². The van der Waals surface area contributed by atoms with Crippen molar-refractivity contribution in [3.63, 3.8) is 0 Å². The van der Waals surface area contributed by atoms with E-state index in [0.29, 0.717) is 12.1 Å². The van der Waals surface area contributed by atoms with Gasteiger partial charge in [0.2, 0.25) is 10.0 Å². The van der Waals surface area contributed by atoms with Crippen LogP contribution in [0.4, 0.5) is 5.69 Å². The number of rotatable bonds is 7. The Bertz CT molecular complexity index is 454. The summed E-state index contributed by atoms with van der Waals surface area (Å²) in [5.74, 6) is 0.303. The molecular formula is C13H21NO3S. The second kappa shape index (κ2) is 6.64. The lowest BCUT2D eigenvalue weighted by molar-refractivity contribution is 0.475. The predicted molar refractivity (Wildman–Crippen MR) is 74.4 cm³/mol. The third kappa shape index (κ3) is 4.22. The number of phenols is 1. The summed E-state index contributed by atoms with van der Waals surface area (Å²) in [6.07, 6.45) is 3.80. The van der Waals surface area contributed by atoms with Gasteiger partial charge in [-0.05, 0) is 30.7 Å². The van der Waals surface area contributed by atoms with Crippen LogP contribution in [0.25, 0.3) is 0 Å². The lowest BCUT2D eigenvalue weighted by Gasteiger charge is -2.19. The maximum Gasteiger partial charge on any atom is 0.234 e. The molecule has 0 heterocycles. The van der Waals surface area contributed by atoms with Gasteiger partial charge in [-0.1, -0.05) is 26.2 Å². The zero-order chi connectivity index (χ0) is 13.6. The molecule has 0 spiro atoms. The van der Waals surface area contributed by atoms with Crippen LogP contribution in [0.15, 0.2) is 24.3 Å². The minimum Gasteiger partial charge on any atom is -0.508 e. The Morgan fingerprint density at radius 3 is 2.28 bits per heavy atom. The van der Waals surface area contributed by atoms with Crippen LogP contribution in [0.5, 0.6) is 5.75 Å². The number of hydrogen-bond acceptors (Lipinski definition) is 3. The van der Waals surface area contributed by atoms with Crippen molar-refractivity contribution in [2.24, 2.45) is 0 Å². The van der Waals surface area contributed by atoms with Gasteiger partial charge in [0.05, 0.1) is 11.4 Å². The first-order valence-electron chi connectivity index (χ1n) is 6.23. The summed E-state index contributed by atoms with van der Waals surface area (Å²) < 4.78 is 25.4. The van der Waals surface area contributed by atoms with Gasteiger partial charge < -0.3 is 5.11 Å². The third-order valence-electron chi connectivity index (χ3n) is 2.89. The van der Waals surface area contributed by atoms with Crippen molar-refractivity contribution in [2.45, 2.75) is 32.6 Å². The average Bonchev–Trinajstić information content (AvgIpc) is 2.35. The summed E-state index contributed by atoms with van der Waals surface area (Å²) in [4.78, 5) is 0. The standard InChI is InChI=1S/C13H21NO3S/c1-3-4-5-6-11-18(16,17)14(2)12-7-9-13(15)10-8-12/h7-10,15H,3-6,11H2,1-2H3. The molecule has 0 aliphatic rings. The molecule has 18 heavy (non-hydrogen) atoms. The quantitative estimate of drug-likeness (QED) is 0.776. The Morgan fingerprint density at radius 1 is 1.11 bits per heavy atom. The zero-order valence-electron chi connectivity index (χ0n) is 11.0. The summed E-state index contributed by atoms with van der Waals surface area (Å²) in [5.41, 5.74) is 0.572. The number of sulfonamides is 1. The summed E-state index contributed by atoms with van der Waals surface area (Å²) in [5, 5.41) is 9.17. The zero-order valence-corrected chi connectivity index (χ0v) is 11.8. The molecular weight excluding hydrogens is 250 g/mol. The van der Waals surface area contributed by atoms with Crippen molar-refractivity contribution in [1.82, 2.24) is 0 Å². The highest BCUT2D eigenvalue weighted by Gasteiger charge is 2.17. The lowest BCUT2D eigenvalue weighted by atomic mass is 10.2. The number of phenolic OH excluding ortho intramolecular Hbond substituents is 1. The molecule has 0 aliphatic carbocycles. The van der Waals surface area contributed by atoms with Crippen molar-refractivity contribution in [2.75, 3.05) is 17.1 Å². The Hall–Kier alpha value is -1.23. The molecule has 0 aromatic heterocycles. The molecule has 0 saturated carbocycles. The second-order valence-electron chi connectivity index (χ2n) is 4.36. The Morgan fingerprint density at radius 2 is 1.72 bits per heavy atom. The number of hydrogen-bond donors (Lipinski definition) is 1. The van der Waals surface area contributed by atoms with E-state index in [1.165, 1.54) is 16.4 Å². The van der Waals surface area contributed by atoms with E-state index >= 15 is 0 Å². The fourth-order valence-electron chi connectivity index (χ4n) is 1.67. The van der Waals surface area contributed by atoms with E-state index in [-0.39, 0.29) is 11.5 Å². The predicted octanol–water partition coefficient (Wildman–Crippen LogP) is 2.74. The Labute approximate surface area is 109 Å². The van der Waals surface area contributed by atoms with Gasteiger partial charge in [0, 0.05) is 7.05 Å². The van der Waals surface area contributed by atoms with Crippen LogP contribution in [0, 0.1) is 0 Å². The molecule has 0 fully saturated rings. The van der Waals surface area contributed by atoms with E-state index in [0.717, 1.165) is 19.3 Å². The summed E-state index contributed by atoms with van der Waals surface area (Å²) in [6.45, 7) is 2.09.